The third-order valence-corrected chi connectivity index (χ3v) is 2.82. The van der Waals surface area contributed by atoms with Crippen molar-refractivity contribution in [2.75, 3.05) is 5.73 Å². The van der Waals surface area contributed by atoms with Crippen LogP contribution in [0.4, 0.5) is 5.82 Å². The van der Waals surface area contributed by atoms with Crippen LogP contribution in [0, 0.1) is 0 Å². The second kappa shape index (κ2) is 5.56. The van der Waals surface area contributed by atoms with Crippen molar-refractivity contribution in [2.45, 2.75) is 46.2 Å². The maximum atomic E-state index is 5.75. The summed E-state index contributed by atoms with van der Waals surface area (Å²) >= 11 is 0. The number of hydrogen-bond acceptors (Lipinski definition) is 6. The standard InChI is InChI=1S/C10H18N8/c1-3-5-6-17-9(12-14-16-17)7-18-8(4-2)10(11)13-15-18/h3-7,11H2,1-2H3. The molecule has 0 fully saturated rings. The van der Waals surface area contributed by atoms with Crippen molar-refractivity contribution < 1.29 is 0 Å². The summed E-state index contributed by atoms with van der Waals surface area (Å²) in [6, 6.07) is 0. The first kappa shape index (κ1) is 12.5. The molecule has 0 aliphatic rings. The molecule has 98 valence electrons. The molecule has 0 saturated heterocycles. The average Bonchev–Trinajstić information content (AvgIpc) is 2.94. The van der Waals surface area contributed by atoms with E-state index in [2.05, 4.69) is 32.8 Å². The topological polar surface area (TPSA) is 100 Å². The number of nitrogens with two attached hydrogens (primary N) is 1. The number of nitrogen functional groups attached to an aromatic ring is 1. The summed E-state index contributed by atoms with van der Waals surface area (Å²) in [5, 5.41) is 19.6. The first-order valence-electron chi connectivity index (χ1n) is 6.19. The third-order valence-electron chi connectivity index (χ3n) is 2.82. The number of tetrazole rings is 1. The fraction of sp³-hybridized carbons (Fsp3) is 0.700. The monoisotopic (exact) mass is 250 g/mol. The molecule has 0 aromatic carbocycles. The molecule has 2 aromatic rings. The Kier molecular flexibility index (Phi) is 3.85. The van der Waals surface area contributed by atoms with Gasteiger partial charge in [0.15, 0.2) is 11.6 Å². The molecule has 2 heterocycles. The average molecular weight is 250 g/mol. The van der Waals surface area contributed by atoms with E-state index < -0.39 is 0 Å². The molecule has 0 aliphatic heterocycles. The van der Waals surface area contributed by atoms with Gasteiger partial charge in [-0.25, -0.2) is 9.36 Å². The van der Waals surface area contributed by atoms with Crippen LogP contribution < -0.4 is 5.73 Å². The van der Waals surface area contributed by atoms with Crippen molar-refractivity contribution in [3.63, 3.8) is 0 Å². The van der Waals surface area contributed by atoms with Gasteiger partial charge in [0, 0.05) is 6.54 Å². The molecular formula is C10H18N8. The number of unbranched alkanes of at least 4 members (excludes halogenated alkanes) is 1. The van der Waals surface area contributed by atoms with E-state index in [0.29, 0.717) is 12.4 Å². The molecule has 8 nitrogen and oxygen atoms in total. The number of aromatic nitrogens is 7. The van der Waals surface area contributed by atoms with Gasteiger partial charge in [-0.15, -0.1) is 10.2 Å². The number of aryl methyl sites for hydroxylation is 1. The Hall–Kier alpha value is -1.99. The zero-order chi connectivity index (χ0) is 13.0. The highest BCUT2D eigenvalue weighted by Gasteiger charge is 2.12. The molecule has 0 aliphatic carbocycles. The van der Waals surface area contributed by atoms with Gasteiger partial charge in [0.1, 0.15) is 6.54 Å². The van der Waals surface area contributed by atoms with E-state index in [1.807, 2.05) is 6.92 Å². The van der Waals surface area contributed by atoms with Gasteiger partial charge < -0.3 is 5.73 Å². The van der Waals surface area contributed by atoms with E-state index in [4.69, 9.17) is 5.73 Å². The third kappa shape index (κ3) is 2.47. The van der Waals surface area contributed by atoms with Crippen LogP contribution in [0.2, 0.25) is 0 Å². The molecule has 2 N–H and O–H groups in total. The number of nitrogens with zero attached hydrogens (tertiary/aromatic N) is 7. The van der Waals surface area contributed by atoms with Crippen LogP contribution in [-0.4, -0.2) is 35.2 Å². The fourth-order valence-corrected chi connectivity index (χ4v) is 1.79. The minimum absolute atomic E-state index is 0.477. The van der Waals surface area contributed by atoms with E-state index in [1.54, 1.807) is 9.36 Å². The zero-order valence-corrected chi connectivity index (χ0v) is 10.7. The number of hydrogen-bond donors (Lipinski definition) is 1. The summed E-state index contributed by atoms with van der Waals surface area (Å²) in [5.41, 5.74) is 6.66. The van der Waals surface area contributed by atoms with Crippen LogP contribution in [0.25, 0.3) is 0 Å². The van der Waals surface area contributed by atoms with Crippen molar-refractivity contribution in [2.24, 2.45) is 0 Å². The van der Waals surface area contributed by atoms with Crippen LogP contribution >= 0.6 is 0 Å². The Morgan fingerprint density at radius 2 is 1.94 bits per heavy atom. The molecule has 0 radical (unpaired) electrons. The lowest BCUT2D eigenvalue weighted by atomic mass is 10.3. The van der Waals surface area contributed by atoms with Gasteiger partial charge in [0.25, 0.3) is 0 Å². The van der Waals surface area contributed by atoms with Crippen molar-refractivity contribution in [1.82, 2.24) is 35.2 Å². The summed E-state index contributed by atoms with van der Waals surface area (Å²) in [4.78, 5) is 0. The molecule has 18 heavy (non-hydrogen) atoms. The van der Waals surface area contributed by atoms with Gasteiger partial charge in [0.2, 0.25) is 0 Å². The molecule has 0 unspecified atom stereocenters. The Labute approximate surface area is 105 Å². The molecule has 2 aromatic heterocycles. The maximum Gasteiger partial charge on any atom is 0.172 e. The molecule has 0 spiro atoms. The van der Waals surface area contributed by atoms with Gasteiger partial charge in [-0.05, 0) is 23.3 Å². The van der Waals surface area contributed by atoms with E-state index in [1.165, 1.54) is 0 Å². The molecular weight excluding hydrogens is 232 g/mol. The molecule has 0 bridgehead atoms. The predicted octanol–water partition coefficient (Wildman–Crippen LogP) is 0.258. The highest BCUT2D eigenvalue weighted by molar-refractivity contribution is 5.32. The molecule has 0 atom stereocenters. The highest BCUT2D eigenvalue weighted by Crippen LogP contribution is 2.09. The summed E-state index contributed by atoms with van der Waals surface area (Å²) in [6.07, 6.45) is 2.95. The Morgan fingerprint density at radius 1 is 1.11 bits per heavy atom. The van der Waals surface area contributed by atoms with E-state index in [-0.39, 0.29) is 0 Å². The number of rotatable bonds is 6. The molecule has 0 saturated carbocycles. The second-order valence-corrected chi connectivity index (χ2v) is 4.10. The van der Waals surface area contributed by atoms with Crippen molar-refractivity contribution in [1.29, 1.82) is 0 Å². The van der Waals surface area contributed by atoms with Gasteiger partial charge in [0.05, 0.1) is 5.69 Å². The Morgan fingerprint density at radius 3 is 2.67 bits per heavy atom. The van der Waals surface area contributed by atoms with Gasteiger partial charge in [-0.3, -0.25) is 0 Å². The summed E-state index contributed by atoms with van der Waals surface area (Å²) < 4.78 is 3.56. The molecule has 0 amide bonds. The van der Waals surface area contributed by atoms with Gasteiger partial charge >= 0.3 is 0 Å². The Balaban J connectivity index is 2.15. The van der Waals surface area contributed by atoms with E-state index >= 15 is 0 Å². The largest absolute Gasteiger partial charge is 0.381 e. The maximum absolute atomic E-state index is 5.75. The predicted molar refractivity (Wildman–Crippen MR) is 65.6 cm³/mol. The van der Waals surface area contributed by atoms with Crippen molar-refractivity contribution in [3.8, 4) is 0 Å². The first-order valence-corrected chi connectivity index (χ1v) is 6.19. The normalized spacial score (nSPS) is 11.0. The van der Waals surface area contributed by atoms with Crippen LogP contribution in [0.15, 0.2) is 0 Å². The second-order valence-electron chi connectivity index (χ2n) is 4.10. The van der Waals surface area contributed by atoms with Crippen molar-refractivity contribution in [3.05, 3.63) is 11.5 Å². The fourth-order valence-electron chi connectivity index (χ4n) is 1.79. The highest BCUT2D eigenvalue weighted by atomic mass is 15.6. The van der Waals surface area contributed by atoms with Gasteiger partial charge in [-0.2, -0.15) is 0 Å². The van der Waals surface area contributed by atoms with Crippen molar-refractivity contribution >= 4 is 5.82 Å². The Bertz CT molecular complexity index is 500. The lowest BCUT2D eigenvalue weighted by Crippen LogP contribution is -2.13. The van der Waals surface area contributed by atoms with Gasteiger partial charge in [-0.1, -0.05) is 25.5 Å². The SMILES string of the molecule is CCCCn1nnnc1Cn1nnc(N)c1CC. The molecule has 2 rings (SSSR count). The minimum atomic E-state index is 0.477. The van der Waals surface area contributed by atoms with Crippen LogP contribution in [0.5, 0.6) is 0 Å². The minimum Gasteiger partial charge on any atom is -0.381 e. The molecule has 8 heteroatoms. The smallest absolute Gasteiger partial charge is 0.172 e. The first-order chi connectivity index (χ1) is 8.76. The van der Waals surface area contributed by atoms with Crippen LogP contribution in [0.1, 0.15) is 38.2 Å². The van der Waals surface area contributed by atoms with E-state index in [9.17, 15) is 0 Å². The lowest BCUT2D eigenvalue weighted by Gasteiger charge is -2.05. The zero-order valence-electron chi connectivity index (χ0n) is 10.7. The van der Waals surface area contributed by atoms with Crippen LogP contribution in [-0.2, 0) is 19.5 Å². The quantitative estimate of drug-likeness (QED) is 0.789. The number of anilines is 1. The lowest BCUT2D eigenvalue weighted by molar-refractivity contribution is 0.506. The summed E-state index contributed by atoms with van der Waals surface area (Å²) in [6.45, 7) is 5.48. The van der Waals surface area contributed by atoms with E-state index in [0.717, 1.165) is 37.3 Å². The summed E-state index contributed by atoms with van der Waals surface area (Å²) in [5.74, 6) is 1.26. The van der Waals surface area contributed by atoms with Crippen LogP contribution in [0.3, 0.4) is 0 Å². The summed E-state index contributed by atoms with van der Waals surface area (Å²) in [7, 11) is 0.